The van der Waals surface area contributed by atoms with Gasteiger partial charge in [-0.25, -0.2) is 0 Å². The zero-order valence-corrected chi connectivity index (χ0v) is 14.8. The number of pyridine rings is 1. The van der Waals surface area contributed by atoms with Crippen LogP contribution in [0, 0.1) is 0 Å². The number of aromatic nitrogens is 1. The first-order valence-corrected chi connectivity index (χ1v) is 9.14. The van der Waals surface area contributed by atoms with Gasteiger partial charge in [-0.2, -0.15) is 0 Å². The molecule has 1 saturated heterocycles. The Morgan fingerprint density at radius 2 is 2.16 bits per heavy atom. The standard InChI is InChI=1S/C20H26N2O3/c1-2-3-5-15-12-16-6-4-9-21-20(16)18(13-15)25-17-7-10-22(11-8-17)14-19(23)24/h4,6,9,12-13,17H,2-3,5,7-8,10-11,14H2,1H3,(H,23,24). The Labute approximate surface area is 148 Å². The van der Waals surface area contributed by atoms with Gasteiger partial charge in [-0.05, 0) is 49.4 Å². The Balaban J connectivity index is 1.73. The van der Waals surface area contributed by atoms with Crippen molar-refractivity contribution in [1.82, 2.24) is 9.88 Å². The maximum Gasteiger partial charge on any atom is 0.317 e. The number of nitrogens with zero attached hydrogens (tertiary/aromatic N) is 2. The Morgan fingerprint density at radius 1 is 1.36 bits per heavy atom. The molecule has 0 aliphatic carbocycles. The summed E-state index contributed by atoms with van der Waals surface area (Å²) in [6.45, 7) is 3.84. The van der Waals surface area contributed by atoms with Crippen LogP contribution in [-0.2, 0) is 11.2 Å². The Hall–Kier alpha value is -2.14. The fraction of sp³-hybridized carbons (Fsp3) is 0.500. The van der Waals surface area contributed by atoms with Crippen molar-refractivity contribution in [3.8, 4) is 5.75 Å². The molecule has 2 heterocycles. The monoisotopic (exact) mass is 342 g/mol. The van der Waals surface area contributed by atoms with E-state index < -0.39 is 5.97 Å². The Kier molecular flexibility index (Phi) is 5.87. The molecule has 5 nitrogen and oxygen atoms in total. The van der Waals surface area contributed by atoms with Gasteiger partial charge in [0.1, 0.15) is 17.4 Å². The lowest BCUT2D eigenvalue weighted by atomic mass is 10.0. The third-order valence-electron chi connectivity index (χ3n) is 4.74. The van der Waals surface area contributed by atoms with E-state index in [0.29, 0.717) is 0 Å². The number of carbonyl (C=O) groups is 1. The molecule has 1 aliphatic rings. The van der Waals surface area contributed by atoms with Crippen LogP contribution in [-0.4, -0.2) is 46.7 Å². The lowest BCUT2D eigenvalue weighted by Crippen LogP contribution is -2.40. The largest absolute Gasteiger partial charge is 0.488 e. The number of fused-ring (bicyclic) bond motifs is 1. The summed E-state index contributed by atoms with van der Waals surface area (Å²) in [5.74, 6) is 0.0964. The molecule has 0 unspecified atom stereocenters. The number of unbranched alkanes of at least 4 members (excludes halogenated alkanes) is 1. The van der Waals surface area contributed by atoms with Gasteiger partial charge in [0.05, 0.1) is 6.54 Å². The first-order valence-electron chi connectivity index (χ1n) is 9.14. The molecule has 5 heteroatoms. The van der Waals surface area contributed by atoms with Crippen LogP contribution in [0.25, 0.3) is 10.9 Å². The minimum Gasteiger partial charge on any atom is -0.488 e. The van der Waals surface area contributed by atoms with E-state index in [-0.39, 0.29) is 12.6 Å². The van der Waals surface area contributed by atoms with E-state index in [1.54, 1.807) is 6.20 Å². The smallest absolute Gasteiger partial charge is 0.317 e. The van der Waals surface area contributed by atoms with Gasteiger partial charge in [-0.15, -0.1) is 0 Å². The van der Waals surface area contributed by atoms with Gasteiger partial charge in [-0.3, -0.25) is 14.7 Å². The van der Waals surface area contributed by atoms with Crippen LogP contribution >= 0.6 is 0 Å². The van der Waals surface area contributed by atoms with Crippen molar-refractivity contribution in [3.63, 3.8) is 0 Å². The number of likely N-dealkylation sites (tertiary alicyclic amines) is 1. The quantitative estimate of drug-likeness (QED) is 0.834. The molecule has 1 aliphatic heterocycles. The van der Waals surface area contributed by atoms with E-state index in [1.807, 2.05) is 11.0 Å². The van der Waals surface area contributed by atoms with Crippen molar-refractivity contribution in [2.45, 2.75) is 45.1 Å². The molecule has 0 amide bonds. The Morgan fingerprint density at radius 3 is 2.88 bits per heavy atom. The van der Waals surface area contributed by atoms with Gasteiger partial charge < -0.3 is 9.84 Å². The minimum absolute atomic E-state index is 0.115. The molecule has 0 bridgehead atoms. The van der Waals surface area contributed by atoms with E-state index in [2.05, 4.69) is 30.1 Å². The van der Waals surface area contributed by atoms with Crippen LogP contribution < -0.4 is 4.74 Å². The predicted octanol–water partition coefficient (Wildman–Crippen LogP) is 3.51. The second-order valence-corrected chi connectivity index (χ2v) is 6.76. The van der Waals surface area contributed by atoms with Gasteiger partial charge >= 0.3 is 5.97 Å². The lowest BCUT2D eigenvalue weighted by Gasteiger charge is -2.31. The number of hydrogen-bond acceptors (Lipinski definition) is 4. The lowest BCUT2D eigenvalue weighted by molar-refractivity contribution is -0.138. The molecule has 3 rings (SSSR count). The van der Waals surface area contributed by atoms with E-state index in [4.69, 9.17) is 9.84 Å². The van der Waals surface area contributed by atoms with Gasteiger partial charge in [0.2, 0.25) is 0 Å². The van der Waals surface area contributed by atoms with E-state index >= 15 is 0 Å². The highest BCUT2D eigenvalue weighted by atomic mass is 16.5. The third-order valence-corrected chi connectivity index (χ3v) is 4.74. The molecule has 25 heavy (non-hydrogen) atoms. The van der Waals surface area contributed by atoms with E-state index in [9.17, 15) is 4.79 Å². The maximum atomic E-state index is 10.8. The van der Waals surface area contributed by atoms with Crippen molar-refractivity contribution < 1.29 is 14.6 Å². The zero-order valence-electron chi connectivity index (χ0n) is 14.8. The van der Waals surface area contributed by atoms with E-state index in [0.717, 1.165) is 49.0 Å². The van der Waals surface area contributed by atoms with Crippen molar-refractivity contribution in [1.29, 1.82) is 0 Å². The Bertz CT molecular complexity index is 724. The summed E-state index contributed by atoms with van der Waals surface area (Å²) >= 11 is 0. The highest BCUT2D eigenvalue weighted by molar-refractivity contribution is 5.85. The number of aryl methyl sites for hydroxylation is 1. The number of rotatable bonds is 7. The molecule has 1 fully saturated rings. The number of piperidine rings is 1. The summed E-state index contributed by atoms with van der Waals surface area (Å²) in [4.78, 5) is 17.3. The van der Waals surface area contributed by atoms with E-state index in [1.165, 1.54) is 18.4 Å². The first-order chi connectivity index (χ1) is 12.2. The second-order valence-electron chi connectivity index (χ2n) is 6.76. The summed E-state index contributed by atoms with van der Waals surface area (Å²) in [5, 5.41) is 10.0. The summed E-state index contributed by atoms with van der Waals surface area (Å²) < 4.78 is 6.31. The second kappa shape index (κ2) is 8.30. The van der Waals surface area contributed by atoms with Crippen LogP contribution in [0.5, 0.6) is 5.75 Å². The third kappa shape index (κ3) is 4.69. The molecular weight excluding hydrogens is 316 g/mol. The van der Waals surface area contributed by atoms with Gasteiger partial charge in [0.25, 0.3) is 0 Å². The fourth-order valence-electron chi connectivity index (χ4n) is 3.39. The molecule has 134 valence electrons. The summed E-state index contributed by atoms with van der Waals surface area (Å²) in [5.41, 5.74) is 2.20. The average Bonchev–Trinajstić information content (AvgIpc) is 2.61. The van der Waals surface area contributed by atoms with Gasteiger partial charge in [0, 0.05) is 24.7 Å². The minimum atomic E-state index is -0.766. The zero-order chi connectivity index (χ0) is 17.6. The number of hydrogen-bond donors (Lipinski definition) is 1. The number of benzene rings is 1. The summed E-state index contributed by atoms with van der Waals surface area (Å²) in [6.07, 6.45) is 7.01. The summed E-state index contributed by atoms with van der Waals surface area (Å²) in [7, 11) is 0. The number of aliphatic carboxylic acids is 1. The van der Waals surface area contributed by atoms with Crippen LogP contribution in [0.15, 0.2) is 30.5 Å². The highest BCUT2D eigenvalue weighted by Crippen LogP contribution is 2.29. The number of ether oxygens (including phenoxy) is 1. The molecule has 2 aromatic rings. The topological polar surface area (TPSA) is 62.7 Å². The number of carboxylic acids is 1. The average molecular weight is 342 g/mol. The molecule has 0 saturated carbocycles. The van der Waals surface area contributed by atoms with Crippen LogP contribution in [0.2, 0.25) is 0 Å². The number of carboxylic acid groups (broad SMARTS) is 1. The normalized spacial score (nSPS) is 16.2. The summed E-state index contributed by atoms with van der Waals surface area (Å²) in [6, 6.07) is 8.38. The van der Waals surface area contributed by atoms with Gasteiger partial charge in [-0.1, -0.05) is 19.4 Å². The van der Waals surface area contributed by atoms with Crippen LogP contribution in [0.1, 0.15) is 38.2 Å². The maximum absolute atomic E-state index is 10.8. The molecule has 0 atom stereocenters. The molecule has 0 radical (unpaired) electrons. The SMILES string of the molecule is CCCCc1cc(OC2CCN(CC(=O)O)CC2)c2ncccc2c1. The van der Waals surface area contributed by atoms with Crippen molar-refractivity contribution in [3.05, 3.63) is 36.0 Å². The highest BCUT2D eigenvalue weighted by Gasteiger charge is 2.22. The van der Waals surface area contributed by atoms with Crippen molar-refractivity contribution in [2.75, 3.05) is 19.6 Å². The van der Waals surface area contributed by atoms with Crippen molar-refractivity contribution >= 4 is 16.9 Å². The van der Waals surface area contributed by atoms with Crippen molar-refractivity contribution in [2.24, 2.45) is 0 Å². The predicted molar refractivity (Wildman–Crippen MR) is 98.1 cm³/mol. The van der Waals surface area contributed by atoms with Crippen LogP contribution in [0.4, 0.5) is 0 Å². The van der Waals surface area contributed by atoms with Gasteiger partial charge in [0.15, 0.2) is 0 Å². The van der Waals surface area contributed by atoms with Crippen LogP contribution in [0.3, 0.4) is 0 Å². The first kappa shape index (κ1) is 17.7. The molecule has 1 N–H and O–H groups in total. The molecule has 1 aromatic heterocycles. The molecule has 0 spiro atoms. The molecule has 1 aromatic carbocycles. The fourth-order valence-corrected chi connectivity index (χ4v) is 3.39. The molecular formula is C20H26N2O3.